The molecule has 2 aromatic carbocycles. The highest BCUT2D eigenvalue weighted by molar-refractivity contribution is 6.31. The maximum absolute atomic E-state index is 13.7. The molecule has 0 amide bonds. The smallest absolute Gasteiger partial charge is 0.196 e. The number of allylic oxidation sites excluding steroid dienone is 1. The van der Waals surface area contributed by atoms with Crippen LogP contribution in [-0.2, 0) is 0 Å². The number of nitriles is 1. The van der Waals surface area contributed by atoms with Crippen molar-refractivity contribution in [2.75, 3.05) is 0 Å². The molecule has 0 bridgehead atoms. The predicted molar refractivity (Wildman–Crippen MR) is 75.9 cm³/mol. The van der Waals surface area contributed by atoms with E-state index in [1.807, 2.05) is 6.07 Å². The number of hydrogen-bond donors (Lipinski definition) is 0. The molecule has 0 fully saturated rings. The van der Waals surface area contributed by atoms with Crippen molar-refractivity contribution in [2.24, 2.45) is 0 Å². The van der Waals surface area contributed by atoms with Crippen LogP contribution in [0.1, 0.15) is 21.5 Å². The maximum atomic E-state index is 13.7. The first kappa shape index (κ1) is 14.0. The van der Waals surface area contributed by atoms with Crippen LogP contribution in [-0.4, -0.2) is 5.78 Å². The normalized spacial score (nSPS) is 10.4. The fourth-order valence-electron chi connectivity index (χ4n) is 1.79. The Balaban J connectivity index is 2.55. The molecule has 0 spiro atoms. The molecule has 0 unspecified atom stereocenters. The van der Waals surface area contributed by atoms with E-state index in [-0.39, 0.29) is 11.1 Å². The van der Waals surface area contributed by atoms with Gasteiger partial charge in [-0.1, -0.05) is 29.8 Å². The topological polar surface area (TPSA) is 40.9 Å². The van der Waals surface area contributed by atoms with Crippen LogP contribution < -0.4 is 0 Å². The molecule has 0 aromatic heterocycles. The van der Waals surface area contributed by atoms with Crippen LogP contribution in [0, 0.1) is 17.1 Å². The first-order valence-corrected chi connectivity index (χ1v) is 6.16. The summed E-state index contributed by atoms with van der Waals surface area (Å²) in [6.07, 6.45) is 2.74. The van der Waals surface area contributed by atoms with Crippen LogP contribution in [0.5, 0.6) is 0 Å². The van der Waals surface area contributed by atoms with E-state index in [9.17, 15) is 9.18 Å². The molecular weight excluding hydrogens is 277 g/mol. The number of halogens is 2. The van der Waals surface area contributed by atoms with Crippen LogP contribution >= 0.6 is 11.6 Å². The molecular formula is C16H9ClFNO. The van der Waals surface area contributed by atoms with Gasteiger partial charge in [-0.2, -0.15) is 5.26 Å². The minimum absolute atomic E-state index is 0.0265. The summed E-state index contributed by atoms with van der Waals surface area (Å²) < 4.78 is 13.7. The monoisotopic (exact) mass is 285 g/mol. The van der Waals surface area contributed by atoms with Gasteiger partial charge in [-0.05, 0) is 35.9 Å². The average molecular weight is 286 g/mol. The standard InChI is InChI=1S/C16H9ClFNO/c17-12-8-7-11(4-3-9-19)14(10-12)16(20)13-5-1-2-6-15(13)18/h1-8,10H/b4-3+. The van der Waals surface area contributed by atoms with E-state index >= 15 is 0 Å². The number of benzene rings is 2. The highest BCUT2D eigenvalue weighted by Gasteiger charge is 2.16. The molecule has 0 aliphatic carbocycles. The summed E-state index contributed by atoms with van der Waals surface area (Å²) in [7, 11) is 0. The lowest BCUT2D eigenvalue weighted by Gasteiger charge is -2.07. The molecule has 0 radical (unpaired) electrons. The fourth-order valence-corrected chi connectivity index (χ4v) is 1.96. The van der Waals surface area contributed by atoms with Crippen LogP contribution in [0.25, 0.3) is 6.08 Å². The van der Waals surface area contributed by atoms with Crippen molar-refractivity contribution in [2.45, 2.75) is 0 Å². The molecule has 0 aliphatic heterocycles. The Morgan fingerprint density at radius 3 is 2.65 bits per heavy atom. The second kappa shape index (κ2) is 6.14. The van der Waals surface area contributed by atoms with Gasteiger partial charge in [0.05, 0.1) is 11.6 Å². The van der Waals surface area contributed by atoms with E-state index < -0.39 is 11.6 Å². The molecule has 98 valence electrons. The zero-order valence-corrected chi connectivity index (χ0v) is 11.1. The van der Waals surface area contributed by atoms with Gasteiger partial charge in [0, 0.05) is 16.7 Å². The Labute approximate surface area is 120 Å². The summed E-state index contributed by atoms with van der Waals surface area (Å²) in [6.45, 7) is 0. The zero-order chi connectivity index (χ0) is 14.5. The average Bonchev–Trinajstić information content (AvgIpc) is 2.46. The Kier molecular flexibility index (Phi) is 4.29. The lowest BCUT2D eigenvalue weighted by atomic mass is 9.98. The van der Waals surface area contributed by atoms with Crippen molar-refractivity contribution in [3.05, 3.63) is 76.1 Å². The molecule has 0 heterocycles. The zero-order valence-electron chi connectivity index (χ0n) is 10.3. The van der Waals surface area contributed by atoms with Crippen LogP contribution in [0.3, 0.4) is 0 Å². The number of ketones is 1. The number of hydrogen-bond acceptors (Lipinski definition) is 2. The van der Waals surface area contributed by atoms with Crippen LogP contribution in [0.4, 0.5) is 4.39 Å². The van der Waals surface area contributed by atoms with Crippen LogP contribution in [0.2, 0.25) is 5.02 Å². The highest BCUT2D eigenvalue weighted by atomic mass is 35.5. The first-order chi connectivity index (χ1) is 9.63. The second-order valence-electron chi connectivity index (χ2n) is 4.00. The minimum Gasteiger partial charge on any atom is -0.288 e. The van der Waals surface area contributed by atoms with Gasteiger partial charge in [0.2, 0.25) is 0 Å². The maximum Gasteiger partial charge on any atom is 0.196 e. The van der Waals surface area contributed by atoms with Gasteiger partial charge in [-0.3, -0.25) is 4.79 Å². The largest absolute Gasteiger partial charge is 0.288 e. The lowest BCUT2D eigenvalue weighted by molar-refractivity contribution is 0.103. The van der Waals surface area contributed by atoms with E-state index in [4.69, 9.17) is 16.9 Å². The Morgan fingerprint density at radius 1 is 1.20 bits per heavy atom. The van der Waals surface area contributed by atoms with Crippen molar-refractivity contribution in [3.63, 3.8) is 0 Å². The van der Waals surface area contributed by atoms with E-state index in [1.54, 1.807) is 18.2 Å². The molecule has 4 heteroatoms. The third-order valence-corrected chi connectivity index (χ3v) is 2.95. The summed E-state index contributed by atoms with van der Waals surface area (Å²) in [5.41, 5.74) is 0.750. The van der Waals surface area contributed by atoms with Gasteiger partial charge in [-0.15, -0.1) is 0 Å². The molecule has 2 aromatic rings. The van der Waals surface area contributed by atoms with Crippen molar-refractivity contribution in [3.8, 4) is 6.07 Å². The molecule has 0 N–H and O–H groups in total. The molecule has 20 heavy (non-hydrogen) atoms. The second-order valence-corrected chi connectivity index (χ2v) is 4.44. The van der Waals surface area contributed by atoms with Gasteiger partial charge in [0.15, 0.2) is 5.78 Å². The molecule has 0 atom stereocenters. The fraction of sp³-hybridized carbons (Fsp3) is 0. The Hall–Kier alpha value is -2.44. The van der Waals surface area contributed by atoms with Crippen molar-refractivity contribution < 1.29 is 9.18 Å². The van der Waals surface area contributed by atoms with Crippen molar-refractivity contribution >= 4 is 23.5 Å². The molecule has 2 rings (SSSR count). The minimum atomic E-state index is -0.590. The van der Waals surface area contributed by atoms with Gasteiger partial charge >= 0.3 is 0 Å². The summed E-state index contributed by atoms with van der Waals surface area (Å²) in [6, 6.07) is 12.3. The Bertz CT molecular complexity index is 731. The Morgan fingerprint density at radius 2 is 1.95 bits per heavy atom. The van der Waals surface area contributed by atoms with Crippen molar-refractivity contribution in [1.82, 2.24) is 0 Å². The summed E-state index contributed by atoms with van der Waals surface area (Å²) in [5.74, 6) is -1.06. The molecule has 0 aliphatic rings. The predicted octanol–water partition coefficient (Wildman–Crippen LogP) is 4.25. The number of carbonyl (C=O) groups excluding carboxylic acids is 1. The number of carbonyl (C=O) groups is 1. The number of rotatable bonds is 3. The summed E-state index contributed by atoms with van der Waals surface area (Å²) >= 11 is 5.89. The van der Waals surface area contributed by atoms with Gasteiger partial charge in [0.25, 0.3) is 0 Å². The van der Waals surface area contributed by atoms with E-state index in [0.29, 0.717) is 10.6 Å². The third kappa shape index (κ3) is 2.93. The summed E-state index contributed by atoms with van der Waals surface area (Å²) in [5, 5.41) is 8.94. The molecule has 0 saturated carbocycles. The van der Waals surface area contributed by atoms with E-state index in [1.165, 1.54) is 36.4 Å². The van der Waals surface area contributed by atoms with E-state index in [2.05, 4.69) is 0 Å². The molecule has 2 nitrogen and oxygen atoms in total. The third-order valence-electron chi connectivity index (χ3n) is 2.72. The number of nitrogens with zero attached hydrogens (tertiary/aromatic N) is 1. The van der Waals surface area contributed by atoms with Gasteiger partial charge in [0.1, 0.15) is 5.82 Å². The quantitative estimate of drug-likeness (QED) is 0.625. The summed E-state index contributed by atoms with van der Waals surface area (Å²) in [4.78, 5) is 12.4. The molecule has 0 saturated heterocycles. The van der Waals surface area contributed by atoms with Gasteiger partial charge in [-0.25, -0.2) is 4.39 Å². The van der Waals surface area contributed by atoms with Crippen LogP contribution in [0.15, 0.2) is 48.5 Å². The highest BCUT2D eigenvalue weighted by Crippen LogP contribution is 2.22. The van der Waals surface area contributed by atoms with Crippen molar-refractivity contribution in [1.29, 1.82) is 5.26 Å². The van der Waals surface area contributed by atoms with Gasteiger partial charge < -0.3 is 0 Å². The first-order valence-electron chi connectivity index (χ1n) is 5.78. The van der Waals surface area contributed by atoms with E-state index in [0.717, 1.165) is 0 Å². The SMILES string of the molecule is N#C/C=C/c1ccc(Cl)cc1C(=O)c1ccccc1F. The lowest BCUT2D eigenvalue weighted by Crippen LogP contribution is -2.06.